The van der Waals surface area contributed by atoms with Crippen LogP contribution in [-0.4, -0.2) is 6.54 Å². The fraction of sp³-hybridized carbons (Fsp3) is 0.647. The second-order valence-corrected chi connectivity index (χ2v) is 6.92. The van der Waals surface area contributed by atoms with Gasteiger partial charge in [-0.3, -0.25) is 0 Å². The molecule has 1 nitrogen and oxygen atoms in total. The van der Waals surface area contributed by atoms with Gasteiger partial charge in [0.25, 0.3) is 0 Å². The van der Waals surface area contributed by atoms with Crippen molar-refractivity contribution in [3.63, 3.8) is 0 Å². The normalized spacial score (nSPS) is 24.0. The molecule has 0 aliphatic heterocycles. The van der Waals surface area contributed by atoms with E-state index >= 15 is 0 Å². The van der Waals surface area contributed by atoms with Gasteiger partial charge in [-0.05, 0) is 43.4 Å². The van der Waals surface area contributed by atoms with Crippen molar-refractivity contribution in [2.24, 2.45) is 11.8 Å². The highest BCUT2D eigenvalue weighted by Gasteiger charge is 2.31. The highest BCUT2D eigenvalue weighted by Crippen LogP contribution is 2.39. The van der Waals surface area contributed by atoms with Crippen LogP contribution in [0.4, 0.5) is 8.78 Å². The Morgan fingerprint density at radius 2 is 1.71 bits per heavy atom. The van der Waals surface area contributed by atoms with Gasteiger partial charge in [-0.1, -0.05) is 49.0 Å². The molecule has 1 atom stereocenters. The van der Waals surface area contributed by atoms with Crippen LogP contribution in [0.15, 0.2) is 16.6 Å². The average molecular weight is 360 g/mol. The SMILES string of the molecule is CCNC(c1c(F)cc(Br)cc1F)C1CCC(CC)CC1. The molecule has 0 bridgehead atoms. The smallest absolute Gasteiger partial charge is 0.132 e. The molecule has 1 aromatic carbocycles. The Kier molecular flexibility index (Phi) is 6.18. The number of halogens is 3. The van der Waals surface area contributed by atoms with Crippen LogP contribution in [0.1, 0.15) is 57.6 Å². The molecule has 1 fully saturated rings. The van der Waals surface area contributed by atoms with Crippen LogP contribution in [0.5, 0.6) is 0 Å². The molecule has 118 valence electrons. The molecule has 0 saturated heterocycles. The summed E-state index contributed by atoms with van der Waals surface area (Å²) in [4.78, 5) is 0. The quantitative estimate of drug-likeness (QED) is 0.721. The van der Waals surface area contributed by atoms with Gasteiger partial charge in [-0.15, -0.1) is 0 Å². The van der Waals surface area contributed by atoms with E-state index in [1.54, 1.807) is 0 Å². The molecule has 21 heavy (non-hydrogen) atoms. The highest BCUT2D eigenvalue weighted by molar-refractivity contribution is 9.10. The lowest BCUT2D eigenvalue weighted by atomic mass is 9.76. The second kappa shape index (κ2) is 7.68. The summed E-state index contributed by atoms with van der Waals surface area (Å²) in [6.45, 7) is 4.92. The largest absolute Gasteiger partial charge is 0.310 e. The van der Waals surface area contributed by atoms with Crippen LogP contribution in [0.3, 0.4) is 0 Å². The minimum atomic E-state index is -0.453. The van der Waals surface area contributed by atoms with E-state index in [9.17, 15) is 8.78 Å². The van der Waals surface area contributed by atoms with E-state index in [1.807, 2.05) is 6.92 Å². The summed E-state index contributed by atoms with van der Waals surface area (Å²) in [5, 5.41) is 3.31. The number of nitrogens with one attached hydrogen (secondary N) is 1. The van der Waals surface area contributed by atoms with Crippen LogP contribution in [0.25, 0.3) is 0 Å². The zero-order valence-electron chi connectivity index (χ0n) is 12.8. The monoisotopic (exact) mass is 359 g/mol. The Hall–Kier alpha value is -0.480. The van der Waals surface area contributed by atoms with Crippen molar-refractivity contribution in [2.75, 3.05) is 6.54 Å². The van der Waals surface area contributed by atoms with Crippen LogP contribution in [-0.2, 0) is 0 Å². The lowest BCUT2D eigenvalue weighted by Gasteiger charge is -2.34. The number of hydrogen-bond donors (Lipinski definition) is 1. The van der Waals surface area contributed by atoms with Gasteiger partial charge >= 0.3 is 0 Å². The molecule has 1 aliphatic carbocycles. The van der Waals surface area contributed by atoms with Gasteiger partial charge in [-0.25, -0.2) is 8.78 Å². The summed E-state index contributed by atoms with van der Waals surface area (Å²) in [6, 6.07) is 2.50. The Bertz CT molecular complexity index is 447. The van der Waals surface area contributed by atoms with Gasteiger partial charge in [0.05, 0.1) is 0 Å². The fourth-order valence-electron chi connectivity index (χ4n) is 3.50. The van der Waals surface area contributed by atoms with Gasteiger partial charge in [0, 0.05) is 16.1 Å². The van der Waals surface area contributed by atoms with Crippen LogP contribution < -0.4 is 5.32 Å². The summed E-state index contributed by atoms with van der Waals surface area (Å²) in [6.07, 6.45) is 5.64. The first-order chi connectivity index (χ1) is 10.1. The molecule has 0 heterocycles. The van der Waals surface area contributed by atoms with E-state index in [0.29, 0.717) is 16.9 Å². The van der Waals surface area contributed by atoms with Crippen LogP contribution >= 0.6 is 15.9 Å². The van der Waals surface area contributed by atoms with Gasteiger partial charge in [0.15, 0.2) is 0 Å². The van der Waals surface area contributed by atoms with E-state index < -0.39 is 11.6 Å². The third kappa shape index (κ3) is 4.04. The molecule has 0 radical (unpaired) electrons. The summed E-state index contributed by atoms with van der Waals surface area (Å²) in [5.74, 6) is 0.192. The van der Waals surface area contributed by atoms with Crippen molar-refractivity contribution < 1.29 is 8.78 Å². The van der Waals surface area contributed by atoms with E-state index in [2.05, 4.69) is 28.2 Å². The van der Waals surface area contributed by atoms with Crippen LogP contribution in [0, 0.1) is 23.5 Å². The standard InChI is InChI=1S/C17H24BrF2N/c1-3-11-5-7-12(8-6-11)17(21-4-2)16-14(19)9-13(18)10-15(16)20/h9-12,17,21H,3-8H2,1-2H3. The Morgan fingerprint density at radius 1 is 1.14 bits per heavy atom. The molecular formula is C17H24BrF2N. The average Bonchev–Trinajstić information content (AvgIpc) is 2.45. The predicted octanol–water partition coefficient (Wildman–Crippen LogP) is 5.59. The first-order valence-corrected chi connectivity index (χ1v) is 8.73. The molecular weight excluding hydrogens is 336 g/mol. The molecule has 4 heteroatoms. The zero-order chi connectivity index (χ0) is 15.4. The number of benzene rings is 1. The van der Waals surface area contributed by atoms with Crippen molar-refractivity contribution in [1.82, 2.24) is 5.32 Å². The number of rotatable bonds is 5. The molecule has 0 amide bonds. The van der Waals surface area contributed by atoms with Crippen molar-refractivity contribution in [3.05, 3.63) is 33.8 Å². The number of hydrogen-bond acceptors (Lipinski definition) is 1. The lowest BCUT2D eigenvalue weighted by molar-refractivity contribution is 0.214. The van der Waals surface area contributed by atoms with E-state index in [0.717, 1.165) is 18.8 Å². The summed E-state index contributed by atoms with van der Waals surface area (Å²) < 4.78 is 29.0. The Balaban J connectivity index is 2.23. The topological polar surface area (TPSA) is 12.0 Å². The molecule has 2 rings (SSSR count). The Labute approximate surface area is 134 Å². The molecule has 1 aliphatic rings. The van der Waals surface area contributed by atoms with Crippen molar-refractivity contribution in [1.29, 1.82) is 0 Å². The first kappa shape index (κ1) is 16.9. The lowest BCUT2D eigenvalue weighted by Crippen LogP contribution is -2.32. The van der Waals surface area contributed by atoms with Crippen molar-refractivity contribution in [3.8, 4) is 0 Å². The van der Waals surface area contributed by atoms with Gasteiger partial charge in [-0.2, -0.15) is 0 Å². The van der Waals surface area contributed by atoms with Crippen LogP contribution in [0.2, 0.25) is 0 Å². The van der Waals surface area contributed by atoms with E-state index in [4.69, 9.17) is 0 Å². The summed E-state index contributed by atoms with van der Waals surface area (Å²) in [7, 11) is 0. The first-order valence-electron chi connectivity index (χ1n) is 7.94. The molecule has 0 aromatic heterocycles. The van der Waals surface area contributed by atoms with Gasteiger partial charge in [0.2, 0.25) is 0 Å². The maximum absolute atomic E-state index is 14.3. The second-order valence-electron chi connectivity index (χ2n) is 6.01. The summed E-state index contributed by atoms with van der Waals surface area (Å²) in [5.41, 5.74) is 0.208. The summed E-state index contributed by atoms with van der Waals surface area (Å²) >= 11 is 3.15. The molecule has 1 N–H and O–H groups in total. The minimum absolute atomic E-state index is 0.208. The maximum Gasteiger partial charge on any atom is 0.132 e. The van der Waals surface area contributed by atoms with E-state index in [1.165, 1.54) is 31.4 Å². The van der Waals surface area contributed by atoms with E-state index in [-0.39, 0.29) is 11.6 Å². The third-order valence-corrected chi connectivity index (χ3v) is 5.18. The molecule has 1 saturated carbocycles. The molecule has 0 spiro atoms. The van der Waals surface area contributed by atoms with Crippen molar-refractivity contribution in [2.45, 2.75) is 52.0 Å². The molecule has 1 unspecified atom stereocenters. The Morgan fingerprint density at radius 3 is 2.19 bits per heavy atom. The van der Waals surface area contributed by atoms with Gasteiger partial charge < -0.3 is 5.32 Å². The highest BCUT2D eigenvalue weighted by atomic mass is 79.9. The minimum Gasteiger partial charge on any atom is -0.310 e. The fourth-order valence-corrected chi connectivity index (χ4v) is 3.91. The van der Waals surface area contributed by atoms with Gasteiger partial charge in [0.1, 0.15) is 11.6 Å². The zero-order valence-corrected chi connectivity index (χ0v) is 14.3. The third-order valence-electron chi connectivity index (χ3n) is 4.72. The molecule has 1 aromatic rings. The predicted molar refractivity (Wildman–Crippen MR) is 86.2 cm³/mol. The van der Waals surface area contributed by atoms with Crippen molar-refractivity contribution >= 4 is 15.9 Å². The maximum atomic E-state index is 14.3.